The van der Waals surface area contributed by atoms with Crippen LogP contribution < -0.4 is 22.1 Å². The summed E-state index contributed by atoms with van der Waals surface area (Å²) in [6, 6.07) is 6.52. The molecule has 0 saturated heterocycles. The summed E-state index contributed by atoms with van der Waals surface area (Å²) in [6.45, 7) is 4.26. The summed E-state index contributed by atoms with van der Waals surface area (Å²) in [7, 11) is 0. The van der Waals surface area contributed by atoms with Gasteiger partial charge in [0.05, 0.1) is 6.04 Å². The Morgan fingerprint density at radius 1 is 1.03 bits per heavy atom. The number of nitrogens with one attached hydrogen (secondary N) is 2. The van der Waals surface area contributed by atoms with Gasteiger partial charge in [-0.25, -0.2) is 4.79 Å². The average Bonchev–Trinajstić information content (AvgIpc) is 2.71. The van der Waals surface area contributed by atoms with Crippen molar-refractivity contribution in [3.8, 4) is 0 Å². The molecule has 0 radical (unpaired) electrons. The maximum Gasteiger partial charge on any atom is 0.326 e. The minimum atomic E-state index is -1.11. The number of carboxylic acid groups (broad SMARTS) is 1. The van der Waals surface area contributed by atoms with Crippen molar-refractivity contribution in [1.29, 1.82) is 0 Å². The summed E-state index contributed by atoms with van der Waals surface area (Å²) in [6.07, 6.45) is 2.50. The topological polar surface area (TPSA) is 148 Å². The van der Waals surface area contributed by atoms with Crippen molar-refractivity contribution in [1.82, 2.24) is 10.6 Å². The van der Waals surface area contributed by atoms with E-state index in [9.17, 15) is 19.5 Å². The molecule has 0 spiro atoms. The highest BCUT2D eigenvalue weighted by Gasteiger charge is 2.29. The normalized spacial score (nSPS) is 15.0. The maximum absolute atomic E-state index is 12.8. The number of unbranched alkanes of at least 4 members (excludes halogenated alkanes) is 1. The van der Waals surface area contributed by atoms with Crippen molar-refractivity contribution >= 4 is 17.8 Å². The lowest BCUT2D eigenvalue weighted by Gasteiger charge is -2.24. The van der Waals surface area contributed by atoms with Crippen LogP contribution in [0.3, 0.4) is 0 Å². The zero-order valence-corrected chi connectivity index (χ0v) is 17.3. The largest absolute Gasteiger partial charge is 0.480 e. The number of nitrogens with two attached hydrogens (primary N) is 2. The first-order valence-corrected chi connectivity index (χ1v) is 10.1. The van der Waals surface area contributed by atoms with Gasteiger partial charge in [0.1, 0.15) is 12.1 Å². The number of amides is 2. The Morgan fingerprint density at radius 2 is 1.66 bits per heavy atom. The van der Waals surface area contributed by atoms with Crippen LogP contribution >= 0.6 is 0 Å². The second-order valence-corrected chi connectivity index (χ2v) is 7.35. The zero-order valence-electron chi connectivity index (χ0n) is 17.3. The molecular weight excluding hydrogens is 372 g/mol. The number of carbonyl (C=O) groups excluding carboxylic acids is 2. The van der Waals surface area contributed by atoms with E-state index in [0.717, 1.165) is 12.0 Å². The first-order valence-electron chi connectivity index (χ1n) is 10.1. The van der Waals surface area contributed by atoms with Crippen LogP contribution in [0.15, 0.2) is 30.3 Å². The molecule has 4 unspecified atom stereocenters. The van der Waals surface area contributed by atoms with Crippen LogP contribution in [0.2, 0.25) is 0 Å². The van der Waals surface area contributed by atoms with Crippen molar-refractivity contribution in [3.05, 3.63) is 35.9 Å². The van der Waals surface area contributed by atoms with Gasteiger partial charge < -0.3 is 27.2 Å². The molecule has 0 fully saturated rings. The highest BCUT2D eigenvalue weighted by Crippen LogP contribution is 2.09. The first-order chi connectivity index (χ1) is 13.8. The van der Waals surface area contributed by atoms with E-state index >= 15 is 0 Å². The lowest BCUT2D eigenvalue weighted by atomic mass is 9.98. The molecule has 0 aromatic heterocycles. The minimum Gasteiger partial charge on any atom is -0.480 e. The van der Waals surface area contributed by atoms with E-state index in [-0.39, 0.29) is 18.8 Å². The van der Waals surface area contributed by atoms with E-state index in [0.29, 0.717) is 19.4 Å². The molecule has 2 amide bonds. The van der Waals surface area contributed by atoms with E-state index in [1.807, 2.05) is 44.2 Å². The molecule has 7 N–H and O–H groups in total. The summed E-state index contributed by atoms with van der Waals surface area (Å²) >= 11 is 0. The predicted molar refractivity (Wildman–Crippen MR) is 112 cm³/mol. The Balaban J connectivity index is 2.91. The fraction of sp³-hybridized carbons (Fsp3) is 0.571. The van der Waals surface area contributed by atoms with Crippen LogP contribution in [0.4, 0.5) is 0 Å². The molecule has 0 bridgehead atoms. The smallest absolute Gasteiger partial charge is 0.326 e. The predicted octanol–water partition coefficient (Wildman–Crippen LogP) is 0.786. The number of carbonyl (C=O) groups is 3. The summed E-state index contributed by atoms with van der Waals surface area (Å²) in [5, 5.41) is 14.7. The van der Waals surface area contributed by atoms with Crippen molar-refractivity contribution in [2.24, 2.45) is 17.4 Å². The van der Waals surface area contributed by atoms with Crippen molar-refractivity contribution < 1.29 is 19.5 Å². The van der Waals surface area contributed by atoms with Gasteiger partial charge in [-0.1, -0.05) is 50.6 Å². The molecular formula is C21H34N4O4. The first kappa shape index (κ1) is 24.6. The average molecular weight is 407 g/mol. The lowest BCUT2D eigenvalue weighted by molar-refractivity contribution is -0.142. The molecule has 1 rings (SSSR count). The van der Waals surface area contributed by atoms with Gasteiger partial charge in [0.2, 0.25) is 11.8 Å². The third-order valence-corrected chi connectivity index (χ3v) is 5.04. The number of aliphatic carboxylic acids is 1. The molecule has 1 aromatic rings. The molecule has 0 saturated carbocycles. The Kier molecular flexibility index (Phi) is 10.9. The fourth-order valence-electron chi connectivity index (χ4n) is 2.86. The van der Waals surface area contributed by atoms with Crippen LogP contribution in [0.25, 0.3) is 0 Å². The fourth-order valence-corrected chi connectivity index (χ4v) is 2.86. The van der Waals surface area contributed by atoms with Crippen LogP contribution in [0.1, 0.15) is 45.1 Å². The maximum atomic E-state index is 12.8. The highest BCUT2D eigenvalue weighted by molar-refractivity contribution is 5.92. The third kappa shape index (κ3) is 8.62. The number of rotatable bonds is 13. The lowest BCUT2D eigenvalue weighted by Crippen LogP contribution is -2.56. The zero-order chi connectivity index (χ0) is 21.8. The van der Waals surface area contributed by atoms with E-state index < -0.39 is 35.9 Å². The van der Waals surface area contributed by atoms with Crippen molar-refractivity contribution in [2.45, 2.75) is 64.1 Å². The summed E-state index contributed by atoms with van der Waals surface area (Å²) in [5.74, 6) is -2.13. The molecule has 8 heteroatoms. The summed E-state index contributed by atoms with van der Waals surface area (Å²) in [4.78, 5) is 36.9. The highest BCUT2D eigenvalue weighted by atomic mass is 16.4. The Labute approximate surface area is 172 Å². The number of hydrogen-bond acceptors (Lipinski definition) is 5. The van der Waals surface area contributed by atoms with Gasteiger partial charge in [-0.15, -0.1) is 0 Å². The minimum absolute atomic E-state index is 0.0431. The van der Waals surface area contributed by atoms with Crippen LogP contribution in [0.5, 0.6) is 0 Å². The quantitative estimate of drug-likeness (QED) is 0.306. The Morgan fingerprint density at radius 3 is 2.21 bits per heavy atom. The van der Waals surface area contributed by atoms with Crippen LogP contribution in [-0.4, -0.2) is 47.6 Å². The Bertz CT molecular complexity index is 653. The van der Waals surface area contributed by atoms with Crippen molar-refractivity contribution in [3.63, 3.8) is 0 Å². The number of carboxylic acids is 1. The molecule has 0 aliphatic heterocycles. The van der Waals surface area contributed by atoms with Gasteiger partial charge >= 0.3 is 5.97 Å². The molecule has 4 atom stereocenters. The van der Waals surface area contributed by atoms with Gasteiger partial charge in [-0.05, 0) is 37.3 Å². The SMILES string of the molecule is CCC(C)C(N)C(=O)NC(Cc1ccccc1)C(=O)NC(CCCCN)C(=O)O. The second kappa shape index (κ2) is 12.9. The van der Waals surface area contributed by atoms with E-state index in [2.05, 4.69) is 10.6 Å². The number of hydrogen-bond donors (Lipinski definition) is 5. The van der Waals surface area contributed by atoms with E-state index in [1.165, 1.54) is 0 Å². The van der Waals surface area contributed by atoms with Gasteiger partial charge in [0.25, 0.3) is 0 Å². The van der Waals surface area contributed by atoms with Crippen molar-refractivity contribution in [2.75, 3.05) is 6.54 Å². The van der Waals surface area contributed by atoms with E-state index in [1.54, 1.807) is 0 Å². The van der Waals surface area contributed by atoms with Crippen LogP contribution in [-0.2, 0) is 20.8 Å². The van der Waals surface area contributed by atoms with Gasteiger partial charge in [-0.3, -0.25) is 9.59 Å². The Hall–Kier alpha value is -2.45. The summed E-state index contributed by atoms with van der Waals surface area (Å²) < 4.78 is 0. The molecule has 162 valence electrons. The molecule has 0 heterocycles. The number of benzene rings is 1. The molecule has 0 aliphatic rings. The van der Waals surface area contributed by atoms with E-state index in [4.69, 9.17) is 11.5 Å². The third-order valence-electron chi connectivity index (χ3n) is 5.04. The van der Waals surface area contributed by atoms with Gasteiger partial charge in [0, 0.05) is 6.42 Å². The second-order valence-electron chi connectivity index (χ2n) is 7.35. The monoisotopic (exact) mass is 406 g/mol. The van der Waals surface area contributed by atoms with Crippen LogP contribution in [0, 0.1) is 5.92 Å². The standard InChI is InChI=1S/C21H34N4O4/c1-3-14(2)18(23)20(27)25-17(13-15-9-5-4-6-10-15)19(26)24-16(21(28)29)11-7-8-12-22/h4-6,9-10,14,16-18H,3,7-8,11-13,22-23H2,1-2H3,(H,24,26)(H,25,27)(H,28,29). The molecule has 8 nitrogen and oxygen atoms in total. The van der Waals surface area contributed by atoms with Gasteiger partial charge in [0.15, 0.2) is 0 Å². The summed E-state index contributed by atoms with van der Waals surface area (Å²) in [5.41, 5.74) is 12.3. The van der Waals surface area contributed by atoms with Gasteiger partial charge in [-0.2, -0.15) is 0 Å². The molecule has 29 heavy (non-hydrogen) atoms. The molecule has 0 aliphatic carbocycles. The molecule has 1 aromatic carbocycles.